The molecule has 2 aromatic rings. The number of nitrogens with one attached hydrogen (secondary N) is 1. The van der Waals surface area contributed by atoms with Gasteiger partial charge < -0.3 is 10.2 Å². The molecule has 0 saturated carbocycles. The number of amides is 1. The van der Waals surface area contributed by atoms with E-state index in [-0.39, 0.29) is 24.3 Å². The molecule has 3 nitrogen and oxygen atoms in total. The molecule has 0 aliphatic carbocycles. The molecule has 4 heteroatoms. The van der Waals surface area contributed by atoms with Gasteiger partial charge in [0.2, 0.25) is 5.91 Å². The number of halogens is 1. The summed E-state index contributed by atoms with van der Waals surface area (Å²) in [6.45, 7) is 6.24. The number of aryl methyl sites for hydroxylation is 1. The van der Waals surface area contributed by atoms with Crippen LogP contribution >= 0.6 is 0 Å². The third kappa shape index (κ3) is 4.09. The van der Waals surface area contributed by atoms with Crippen molar-refractivity contribution in [1.82, 2.24) is 4.90 Å². The maximum atomic E-state index is 13.0. The lowest BCUT2D eigenvalue weighted by atomic mass is 10.1. The number of benzene rings is 2. The maximum absolute atomic E-state index is 13.0. The minimum absolute atomic E-state index is 0.0114. The molecule has 0 fully saturated rings. The van der Waals surface area contributed by atoms with E-state index in [0.717, 1.165) is 16.8 Å². The van der Waals surface area contributed by atoms with Crippen LogP contribution in [0.15, 0.2) is 42.5 Å². The molecule has 1 N–H and O–H groups in total. The van der Waals surface area contributed by atoms with Crippen LogP contribution in [0.1, 0.15) is 29.7 Å². The molecule has 23 heavy (non-hydrogen) atoms. The Kier molecular flexibility index (Phi) is 5.37. The summed E-state index contributed by atoms with van der Waals surface area (Å²) < 4.78 is 13.0. The van der Waals surface area contributed by atoms with E-state index in [1.165, 1.54) is 17.7 Å². The van der Waals surface area contributed by atoms with Gasteiger partial charge in [-0.05, 0) is 55.7 Å². The Morgan fingerprint density at radius 2 is 1.83 bits per heavy atom. The molecule has 0 aliphatic heterocycles. The summed E-state index contributed by atoms with van der Waals surface area (Å²) in [4.78, 5) is 14.1. The van der Waals surface area contributed by atoms with Crippen molar-refractivity contribution in [3.8, 4) is 0 Å². The van der Waals surface area contributed by atoms with Crippen molar-refractivity contribution in [3.05, 3.63) is 65.0 Å². The van der Waals surface area contributed by atoms with E-state index < -0.39 is 0 Å². The van der Waals surface area contributed by atoms with Gasteiger partial charge in [-0.3, -0.25) is 4.79 Å². The highest BCUT2D eigenvalue weighted by atomic mass is 19.1. The van der Waals surface area contributed by atoms with E-state index >= 15 is 0 Å². The fourth-order valence-corrected chi connectivity index (χ4v) is 2.42. The molecule has 1 unspecified atom stereocenters. The summed E-state index contributed by atoms with van der Waals surface area (Å²) in [5.74, 6) is -0.283. The number of likely N-dealkylation sites (N-methyl/N-ethyl adjacent to an activating group) is 1. The molecule has 0 heterocycles. The smallest absolute Gasteiger partial charge is 0.242 e. The molecule has 0 radical (unpaired) electrons. The summed E-state index contributed by atoms with van der Waals surface area (Å²) in [6.07, 6.45) is 0. The van der Waals surface area contributed by atoms with Gasteiger partial charge in [-0.1, -0.05) is 24.3 Å². The first-order valence-electron chi connectivity index (χ1n) is 7.71. The standard InChI is InChI=1S/C19H23FN2O/c1-13-6-5-7-18(14(13)2)21-12-19(23)22(4)15(3)16-8-10-17(20)11-9-16/h5-11,15,21H,12H2,1-4H3. The van der Waals surface area contributed by atoms with E-state index in [0.29, 0.717) is 0 Å². The van der Waals surface area contributed by atoms with Crippen molar-refractivity contribution in [2.75, 3.05) is 18.9 Å². The summed E-state index contributed by atoms with van der Waals surface area (Å²) in [5.41, 5.74) is 4.22. The Morgan fingerprint density at radius 1 is 1.17 bits per heavy atom. The Balaban J connectivity index is 1.99. The average molecular weight is 314 g/mol. The lowest BCUT2D eigenvalue weighted by Crippen LogP contribution is -2.34. The van der Waals surface area contributed by atoms with E-state index in [1.54, 1.807) is 24.1 Å². The number of hydrogen-bond donors (Lipinski definition) is 1. The molecule has 2 rings (SSSR count). The quantitative estimate of drug-likeness (QED) is 0.902. The largest absolute Gasteiger partial charge is 0.376 e. The lowest BCUT2D eigenvalue weighted by molar-refractivity contribution is -0.129. The van der Waals surface area contributed by atoms with Crippen molar-refractivity contribution in [3.63, 3.8) is 0 Å². The Labute approximate surface area is 137 Å². The summed E-state index contributed by atoms with van der Waals surface area (Å²) in [5, 5.41) is 3.20. The van der Waals surface area contributed by atoms with Crippen molar-refractivity contribution < 1.29 is 9.18 Å². The summed E-state index contributed by atoms with van der Waals surface area (Å²) in [7, 11) is 1.77. The zero-order valence-corrected chi connectivity index (χ0v) is 14.1. The monoisotopic (exact) mass is 314 g/mol. The average Bonchev–Trinajstić information content (AvgIpc) is 2.55. The summed E-state index contributed by atoms with van der Waals surface area (Å²) >= 11 is 0. The van der Waals surface area contributed by atoms with Crippen LogP contribution in [0.4, 0.5) is 10.1 Å². The van der Waals surface area contributed by atoms with Crippen LogP contribution in [0.2, 0.25) is 0 Å². The first-order valence-corrected chi connectivity index (χ1v) is 7.71. The molecule has 0 bridgehead atoms. The molecule has 0 spiro atoms. The van der Waals surface area contributed by atoms with Gasteiger partial charge in [0, 0.05) is 12.7 Å². The van der Waals surface area contributed by atoms with Crippen molar-refractivity contribution >= 4 is 11.6 Å². The van der Waals surface area contributed by atoms with E-state index in [1.807, 2.05) is 39.0 Å². The zero-order valence-electron chi connectivity index (χ0n) is 14.1. The molecule has 0 aromatic heterocycles. The normalized spacial score (nSPS) is 11.9. The van der Waals surface area contributed by atoms with Gasteiger partial charge >= 0.3 is 0 Å². The Hall–Kier alpha value is -2.36. The van der Waals surface area contributed by atoms with Crippen molar-refractivity contribution in [2.24, 2.45) is 0 Å². The van der Waals surface area contributed by atoms with Crippen LogP contribution in [-0.2, 0) is 4.79 Å². The zero-order chi connectivity index (χ0) is 17.0. The minimum Gasteiger partial charge on any atom is -0.376 e. The van der Waals surface area contributed by atoms with Crippen LogP contribution in [0.25, 0.3) is 0 Å². The molecular weight excluding hydrogens is 291 g/mol. The first-order chi connectivity index (χ1) is 10.9. The predicted octanol–water partition coefficient (Wildman–Crippen LogP) is 4.07. The molecule has 1 amide bonds. The third-order valence-corrected chi connectivity index (χ3v) is 4.36. The number of rotatable bonds is 5. The molecule has 0 aliphatic rings. The highest BCUT2D eigenvalue weighted by molar-refractivity contribution is 5.81. The first kappa shape index (κ1) is 17.0. The van der Waals surface area contributed by atoms with Crippen LogP contribution < -0.4 is 5.32 Å². The molecule has 122 valence electrons. The van der Waals surface area contributed by atoms with Crippen LogP contribution in [0.5, 0.6) is 0 Å². The third-order valence-electron chi connectivity index (χ3n) is 4.36. The van der Waals surface area contributed by atoms with E-state index in [2.05, 4.69) is 5.32 Å². The van der Waals surface area contributed by atoms with E-state index in [9.17, 15) is 9.18 Å². The second-order valence-electron chi connectivity index (χ2n) is 5.83. The number of carbonyl (C=O) groups is 1. The Bertz CT molecular complexity index is 682. The van der Waals surface area contributed by atoms with Gasteiger partial charge in [-0.25, -0.2) is 4.39 Å². The highest BCUT2D eigenvalue weighted by Gasteiger charge is 2.17. The molecule has 0 saturated heterocycles. The van der Waals surface area contributed by atoms with Gasteiger partial charge in [0.05, 0.1) is 12.6 Å². The SMILES string of the molecule is Cc1cccc(NCC(=O)N(C)C(C)c2ccc(F)cc2)c1C. The molecule has 1 atom stereocenters. The van der Waals surface area contributed by atoms with Gasteiger partial charge in [0.15, 0.2) is 0 Å². The van der Waals surface area contributed by atoms with Crippen LogP contribution in [-0.4, -0.2) is 24.4 Å². The number of nitrogens with zero attached hydrogens (tertiary/aromatic N) is 1. The van der Waals surface area contributed by atoms with Crippen LogP contribution in [0, 0.1) is 19.7 Å². The topological polar surface area (TPSA) is 32.3 Å². The second kappa shape index (κ2) is 7.27. The fraction of sp³-hybridized carbons (Fsp3) is 0.316. The molecular formula is C19H23FN2O. The number of carbonyl (C=O) groups excluding carboxylic acids is 1. The summed E-state index contributed by atoms with van der Waals surface area (Å²) in [6, 6.07) is 12.1. The second-order valence-corrected chi connectivity index (χ2v) is 5.83. The van der Waals surface area contributed by atoms with Crippen molar-refractivity contribution in [1.29, 1.82) is 0 Å². The minimum atomic E-state index is -0.272. The number of anilines is 1. The van der Waals surface area contributed by atoms with Gasteiger partial charge in [0.25, 0.3) is 0 Å². The lowest BCUT2D eigenvalue weighted by Gasteiger charge is -2.26. The predicted molar refractivity (Wildman–Crippen MR) is 92.0 cm³/mol. The van der Waals surface area contributed by atoms with Gasteiger partial charge in [-0.2, -0.15) is 0 Å². The number of hydrogen-bond acceptors (Lipinski definition) is 2. The van der Waals surface area contributed by atoms with Crippen molar-refractivity contribution in [2.45, 2.75) is 26.8 Å². The molecule has 2 aromatic carbocycles. The fourth-order valence-electron chi connectivity index (χ4n) is 2.42. The van der Waals surface area contributed by atoms with Crippen LogP contribution in [0.3, 0.4) is 0 Å². The Morgan fingerprint density at radius 3 is 2.48 bits per heavy atom. The maximum Gasteiger partial charge on any atom is 0.242 e. The van der Waals surface area contributed by atoms with E-state index in [4.69, 9.17) is 0 Å². The highest BCUT2D eigenvalue weighted by Crippen LogP contribution is 2.20. The van der Waals surface area contributed by atoms with Gasteiger partial charge in [0.1, 0.15) is 5.82 Å². The van der Waals surface area contributed by atoms with Gasteiger partial charge in [-0.15, -0.1) is 0 Å².